The zero-order chi connectivity index (χ0) is 16.2. The van der Waals surface area contributed by atoms with Gasteiger partial charge in [-0.3, -0.25) is 0 Å². The van der Waals surface area contributed by atoms with E-state index in [4.69, 9.17) is 9.47 Å². The lowest BCUT2D eigenvalue weighted by atomic mass is 10.1. The van der Waals surface area contributed by atoms with Crippen LogP contribution in [0.2, 0.25) is 0 Å². The van der Waals surface area contributed by atoms with Crippen molar-refractivity contribution in [3.8, 4) is 11.5 Å². The molecule has 3 rings (SSSR count). The summed E-state index contributed by atoms with van der Waals surface area (Å²) in [6.07, 6.45) is 0.666. The number of nitrogens with one attached hydrogen (secondary N) is 2. The van der Waals surface area contributed by atoms with Crippen LogP contribution < -0.4 is 20.1 Å². The first-order valence-electron chi connectivity index (χ1n) is 7.36. The largest absolute Gasteiger partial charge is 0.486 e. The summed E-state index contributed by atoms with van der Waals surface area (Å²) in [5.41, 5.74) is 1.63. The van der Waals surface area contributed by atoms with Crippen molar-refractivity contribution >= 4 is 23.1 Å². The lowest BCUT2D eigenvalue weighted by Crippen LogP contribution is -2.30. The first kappa shape index (κ1) is 15.5. The molecule has 1 aromatic carbocycles. The van der Waals surface area contributed by atoms with Gasteiger partial charge in [0, 0.05) is 24.7 Å². The highest BCUT2D eigenvalue weighted by Crippen LogP contribution is 2.35. The lowest BCUT2D eigenvalue weighted by Gasteiger charge is -2.20. The third-order valence-electron chi connectivity index (χ3n) is 3.33. The van der Waals surface area contributed by atoms with Gasteiger partial charge in [0.05, 0.1) is 0 Å². The van der Waals surface area contributed by atoms with Crippen molar-refractivity contribution < 1.29 is 14.3 Å². The standard InChI is InChI=1S/C15H18N4O3S/c1-9-7-12-13(22-6-5-21-12)8-11(9)17-15(20)16-4-3-14-19-18-10(2)23-14/h7-8H,3-6H2,1-2H3,(H2,16,17,20). The molecule has 2 N–H and O–H groups in total. The molecular weight excluding hydrogens is 316 g/mol. The van der Waals surface area contributed by atoms with Gasteiger partial charge in [-0.05, 0) is 25.5 Å². The van der Waals surface area contributed by atoms with E-state index in [0.29, 0.717) is 43.4 Å². The van der Waals surface area contributed by atoms with Gasteiger partial charge in [0.25, 0.3) is 0 Å². The highest BCUT2D eigenvalue weighted by atomic mass is 32.1. The molecule has 7 nitrogen and oxygen atoms in total. The van der Waals surface area contributed by atoms with Crippen LogP contribution >= 0.6 is 11.3 Å². The highest BCUT2D eigenvalue weighted by molar-refractivity contribution is 7.11. The van der Waals surface area contributed by atoms with Crippen LogP contribution in [0.5, 0.6) is 11.5 Å². The number of hydrogen-bond acceptors (Lipinski definition) is 6. The molecule has 0 saturated heterocycles. The molecule has 0 bridgehead atoms. The molecule has 0 fully saturated rings. The molecule has 8 heteroatoms. The van der Waals surface area contributed by atoms with Crippen molar-refractivity contribution in [2.24, 2.45) is 0 Å². The molecule has 1 aliphatic rings. The third-order valence-corrected chi connectivity index (χ3v) is 4.23. The van der Waals surface area contributed by atoms with E-state index in [-0.39, 0.29) is 6.03 Å². The average molecular weight is 334 g/mol. The predicted octanol–water partition coefficient (Wildman–Crippen LogP) is 2.29. The average Bonchev–Trinajstić information content (AvgIpc) is 2.93. The van der Waals surface area contributed by atoms with Crippen LogP contribution in [0.4, 0.5) is 10.5 Å². The Morgan fingerprint density at radius 2 is 1.96 bits per heavy atom. The Labute approximate surface area is 138 Å². The summed E-state index contributed by atoms with van der Waals surface area (Å²) in [5.74, 6) is 1.37. The summed E-state index contributed by atoms with van der Waals surface area (Å²) in [6.45, 7) is 5.39. The number of amides is 2. The Hall–Kier alpha value is -2.35. The molecule has 1 aromatic heterocycles. The molecule has 0 saturated carbocycles. The Bertz CT molecular complexity index is 717. The van der Waals surface area contributed by atoms with Crippen LogP contribution in [-0.2, 0) is 6.42 Å². The number of carbonyl (C=O) groups excluding carboxylic acids is 1. The Morgan fingerprint density at radius 1 is 1.22 bits per heavy atom. The van der Waals surface area contributed by atoms with Crippen LogP contribution in [0.1, 0.15) is 15.6 Å². The SMILES string of the molecule is Cc1nnc(CCNC(=O)Nc2cc3c(cc2C)OCCO3)s1. The monoisotopic (exact) mass is 334 g/mol. The number of aromatic nitrogens is 2. The molecule has 0 atom stereocenters. The first-order chi connectivity index (χ1) is 11.1. The van der Waals surface area contributed by atoms with Gasteiger partial charge in [0.15, 0.2) is 11.5 Å². The van der Waals surface area contributed by atoms with E-state index in [0.717, 1.165) is 15.6 Å². The maximum atomic E-state index is 12.0. The lowest BCUT2D eigenvalue weighted by molar-refractivity contribution is 0.171. The number of urea groups is 1. The number of benzene rings is 1. The van der Waals surface area contributed by atoms with Crippen molar-refractivity contribution in [3.63, 3.8) is 0 Å². The van der Waals surface area contributed by atoms with Crippen LogP contribution in [-0.4, -0.2) is 36.0 Å². The van der Waals surface area contributed by atoms with Crippen LogP contribution in [0.25, 0.3) is 0 Å². The Kier molecular flexibility index (Phi) is 4.61. The van der Waals surface area contributed by atoms with Gasteiger partial charge in [-0.25, -0.2) is 4.79 Å². The van der Waals surface area contributed by atoms with Crippen LogP contribution in [0.15, 0.2) is 12.1 Å². The summed E-state index contributed by atoms with van der Waals surface area (Å²) < 4.78 is 11.0. The summed E-state index contributed by atoms with van der Waals surface area (Å²) in [5, 5.41) is 15.5. The third kappa shape index (κ3) is 3.89. The fraction of sp³-hybridized carbons (Fsp3) is 0.400. The smallest absolute Gasteiger partial charge is 0.319 e. The van der Waals surface area contributed by atoms with E-state index in [1.165, 1.54) is 11.3 Å². The molecule has 0 aliphatic carbocycles. The van der Waals surface area contributed by atoms with E-state index in [1.807, 2.05) is 19.9 Å². The second kappa shape index (κ2) is 6.82. The molecular formula is C15H18N4O3S. The Morgan fingerprint density at radius 3 is 2.65 bits per heavy atom. The number of hydrogen-bond donors (Lipinski definition) is 2. The van der Waals surface area contributed by atoms with Gasteiger partial charge in [-0.15, -0.1) is 21.5 Å². The van der Waals surface area contributed by atoms with Gasteiger partial charge < -0.3 is 20.1 Å². The summed E-state index contributed by atoms with van der Waals surface area (Å²) in [7, 11) is 0. The number of aryl methyl sites for hydroxylation is 2. The van der Waals surface area contributed by atoms with Gasteiger partial charge in [-0.1, -0.05) is 0 Å². The molecule has 2 heterocycles. The zero-order valence-electron chi connectivity index (χ0n) is 13.0. The van der Waals surface area contributed by atoms with Crippen molar-refractivity contribution in [3.05, 3.63) is 27.7 Å². The second-order valence-corrected chi connectivity index (χ2v) is 6.42. The molecule has 1 aliphatic heterocycles. The second-order valence-electron chi connectivity index (χ2n) is 5.16. The number of nitrogens with zero attached hydrogens (tertiary/aromatic N) is 2. The fourth-order valence-corrected chi connectivity index (χ4v) is 2.92. The predicted molar refractivity (Wildman–Crippen MR) is 87.5 cm³/mol. The van der Waals surface area contributed by atoms with Crippen molar-refractivity contribution in [2.75, 3.05) is 25.1 Å². The van der Waals surface area contributed by atoms with Gasteiger partial charge in [0.2, 0.25) is 0 Å². The minimum absolute atomic E-state index is 0.258. The number of ether oxygens (including phenoxy) is 2. The van der Waals surface area contributed by atoms with Crippen molar-refractivity contribution in [2.45, 2.75) is 20.3 Å². The summed E-state index contributed by atoms with van der Waals surface area (Å²) in [6, 6.07) is 3.40. The molecule has 2 aromatic rings. The van der Waals surface area contributed by atoms with Crippen LogP contribution in [0.3, 0.4) is 0 Å². The van der Waals surface area contributed by atoms with Gasteiger partial charge in [0.1, 0.15) is 23.2 Å². The quantitative estimate of drug-likeness (QED) is 0.896. The van der Waals surface area contributed by atoms with Crippen LogP contribution in [0, 0.1) is 13.8 Å². The molecule has 23 heavy (non-hydrogen) atoms. The fourth-order valence-electron chi connectivity index (χ4n) is 2.21. The molecule has 2 amide bonds. The number of rotatable bonds is 4. The summed E-state index contributed by atoms with van der Waals surface area (Å²) >= 11 is 1.54. The Balaban J connectivity index is 1.55. The highest BCUT2D eigenvalue weighted by Gasteiger charge is 2.15. The zero-order valence-corrected chi connectivity index (χ0v) is 13.8. The number of carbonyl (C=O) groups is 1. The van der Waals surface area contributed by atoms with E-state index in [1.54, 1.807) is 6.07 Å². The first-order valence-corrected chi connectivity index (χ1v) is 8.17. The maximum absolute atomic E-state index is 12.0. The topological polar surface area (TPSA) is 85.4 Å². The van der Waals surface area contributed by atoms with Gasteiger partial charge in [-0.2, -0.15) is 0 Å². The van der Waals surface area contributed by atoms with E-state index >= 15 is 0 Å². The van der Waals surface area contributed by atoms with Crippen molar-refractivity contribution in [1.82, 2.24) is 15.5 Å². The number of fused-ring (bicyclic) bond motifs is 1. The maximum Gasteiger partial charge on any atom is 0.319 e. The molecule has 122 valence electrons. The van der Waals surface area contributed by atoms with E-state index in [2.05, 4.69) is 20.8 Å². The van der Waals surface area contributed by atoms with Crippen molar-refractivity contribution in [1.29, 1.82) is 0 Å². The normalized spacial score (nSPS) is 12.8. The van der Waals surface area contributed by atoms with E-state index < -0.39 is 0 Å². The number of anilines is 1. The molecule has 0 radical (unpaired) electrons. The van der Waals surface area contributed by atoms with E-state index in [9.17, 15) is 4.79 Å². The molecule has 0 spiro atoms. The minimum Gasteiger partial charge on any atom is -0.486 e. The molecule has 0 unspecified atom stereocenters. The minimum atomic E-state index is -0.258. The summed E-state index contributed by atoms with van der Waals surface area (Å²) in [4.78, 5) is 12.0. The van der Waals surface area contributed by atoms with Gasteiger partial charge >= 0.3 is 6.03 Å².